The summed E-state index contributed by atoms with van der Waals surface area (Å²) >= 11 is 0. The normalized spacial score (nSPS) is 11.7. The lowest BCUT2D eigenvalue weighted by Crippen LogP contribution is -2.17. The number of aliphatic hydroxyl groups excluding tert-OH is 1. The number of aromatic amines is 1. The molecule has 3 rings (SSSR count). The molecule has 0 bridgehead atoms. The molecule has 7 nitrogen and oxygen atoms in total. The van der Waals surface area contributed by atoms with Crippen molar-refractivity contribution in [1.29, 1.82) is 0 Å². The van der Waals surface area contributed by atoms with Crippen molar-refractivity contribution >= 4 is 0 Å². The van der Waals surface area contributed by atoms with Gasteiger partial charge in [-0.25, -0.2) is 4.98 Å². The van der Waals surface area contributed by atoms with Crippen LogP contribution in [0.5, 0.6) is 23.0 Å². The van der Waals surface area contributed by atoms with Gasteiger partial charge in [0.2, 0.25) is 0 Å². The molecule has 0 amide bonds. The van der Waals surface area contributed by atoms with Crippen molar-refractivity contribution in [2.45, 2.75) is 32.0 Å². The maximum atomic E-state index is 10.2. The number of rotatable bonds is 12. The standard InChI is InChI=1S/C23H28N2O5/c1-27-21-11-6-17(14-22(21)28-2)4-3-5-18(26)15-29-19-7-9-20(10-8-19)30-16-23-24-12-13-25-23/h6-14,18,26H,3-5,15-16H2,1-2H3,(H,24,25). The molecule has 0 spiro atoms. The van der Waals surface area contributed by atoms with Gasteiger partial charge in [0.05, 0.1) is 20.3 Å². The first kappa shape index (κ1) is 21.5. The molecule has 0 fully saturated rings. The quantitative estimate of drug-likeness (QED) is 0.471. The Morgan fingerprint density at radius 1 is 0.967 bits per heavy atom. The van der Waals surface area contributed by atoms with Gasteiger partial charge in [-0.05, 0) is 61.2 Å². The van der Waals surface area contributed by atoms with E-state index >= 15 is 0 Å². The SMILES string of the molecule is COc1ccc(CCCC(O)COc2ccc(OCc3ncc[nH]3)cc2)cc1OC. The van der Waals surface area contributed by atoms with Gasteiger partial charge in [0.1, 0.15) is 30.5 Å². The molecule has 3 aromatic rings. The van der Waals surface area contributed by atoms with E-state index in [-0.39, 0.29) is 6.61 Å². The van der Waals surface area contributed by atoms with Crippen molar-refractivity contribution in [3.05, 3.63) is 66.2 Å². The van der Waals surface area contributed by atoms with E-state index in [1.807, 2.05) is 42.5 Å². The molecular formula is C23H28N2O5. The van der Waals surface area contributed by atoms with Crippen LogP contribution in [0.15, 0.2) is 54.9 Å². The summed E-state index contributed by atoms with van der Waals surface area (Å²) in [6.45, 7) is 0.629. The molecule has 1 unspecified atom stereocenters. The zero-order valence-corrected chi connectivity index (χ0v) is 17.3. The molecule has 2 aromatic carbocycles. The molecule has 0 saturated carbocycles. The summed E-state index contributed by atoms with van der Waals surface area (Å²) < 4.78 is 21.9. The van der Waals surface area contributed by atoms with Crippen molar-refractivity contribution in [2.75, 3.05) is 20.8 Å². The molecule has 7 heteroatoms. The average molecular weight is 412 g/mol. The average Bonchev–Trinajstić information content (AvgIpc) is 3.30. The van der Waals surface area contributed by atoms with Crippen LogP contribution in [0, 0.1) is 0 Å². The van der Waals surface area contributed by atoms with E-state index in [1.54, 1.807) is 26.6 Å². The molecule has 30 heavy (non-hydrogen) atoms. The van der Waals surface area contributed by atoms with Crippen LogP contribution in [0.25, 0.3) is 0 Å². The highest BCUT2D eigenvalue weighted by molar-refractivity contribution is 5.42. The summed E-state index contributed by atoms with van der Waals surface area (Å²) in [5.41, 5.74) is 1.14. The van der Waals surface area contributed by atoms with Crippen LogP contribution in [0.2, 0.25) is 0 Å². The van der Waals surface area contributed by atoms with Crippen molar-refractivity contribution < 1.29 is 24.1 Å². The molecule has 1 aromatic heterocycles. The molecule has 160 valence electrons. The highest BCUT2D eigenvalue weighted by atomic mass is 16.5. The van der Waals surface area contributed by atoms with Crippen LogP contribution in [0.3, 0.4) is 0 Å². The van der Waals surface area contributed by atoms with Gasteiger partial charge in [-0.2, -0.15) is 0 Å². The van der Waals surface area contributed by atoms with E-state index < -0.39 is 6.10 Å². The lowest BCUT2D eigenvalue weighted by atomic mass is 10.1. The lowest BCUT2D eigenvalue weighted by molar-refractivity contribution is 0.0982. The number of hydrogen-bond donors (Lipinski definition) is 2. The topological polar surface area (TPSA) is 85.8 Å². The van der Waals surface area contributed by atoms with Gasteiger partial charge in [0, 0.05) is 12.4 Å². The van der Waals surface area contributed by atoms with E-state index in [2.05, 4.69) is 9.97 Å². The predicted octanol–water partition coefficient (Wildman–Crippen LogP) is 3.77. The third-order valence-electron chi connectivity index (χ3n) is 4.65. The molecule has 0 saturated heterocycles. The fourth-order valence-corrected chi connectivity index (χ4v) is 3.01. The van der Waals surface area contributed by atoms with Crippen molar-refractivity contribution in [1.82, 2.24) is 9.97 Å². The monoisotopic (exact) mass is 412 g/mol. The fraction of sp³-hybridized carbons (Fsp3) is 0.348. The number of hydrogen-bond acceptors (Lipinski definition) is 6. The second-order valence-electron chi connectivity index (χ2n) is 6.84. The number of ether oxygens (including phenoxy) is 4. The first-order valence-corrected chi connectivity index (χ1v) is 9.91. The summed E-state index contributed by atoms with van der Waals surface area (Å²) in [7, 11) is 3.25. The zero-order valence-electron chi connectivity index (χ0n) is 17.3. The largest absolute Gasteiger partial charge is 0.493 e. The van der Waals surface area contributed by atoms with Crippen LogP contribution in [0.1, 0.15) is 24.2 Å². The number of nitrogens with zero attached hydrogens (tertiary/aromatic N) is 1. The Hall–Kier alpha value is -3.19. The molecular weight excluding hydrogens is 384 g/mol. The van der Waals surface area contributed by atoms with Crippen molar-refractivity contribution in [3.63, 3.8) is 0 Å². The molecule has 2 N–H and O–H groups in total. The summed E-state index contributed by atoms with van der Waals surface area (Å²) in [6.07, 6.45) is 5.26. The number of aryl methyl sites for hydroxylation is 1. The summed E-state index contributed by atoms with van der Waals surface area (Å²) in [6, 6.07) is 13.2. The summed E-state index contributed by atoms with van der Waals surface area (Å²) in [4.78, 5) is 7.10. The van der Waals surface area contributed by atoms with E-state index in [0.29, 0.717) is 24.5 Å². The van der Waals surface area contributed by atoms with Gasteiger partial charge < -0.3 is 29.0 Å². The molecule has 1 heterocycles. The first-order chi connectivity index (χ1) is 14.7. The second kappa shape index (κ2) is 11.1. The minimum absolute atomic E-state index is 0.249. The van der Waals surface area contributed by atoms with E-state index in [1.165, 1.54) is 0 Å². The molecule has 1 atom stereocenters. The maximum Gasteiger partial charge on any atom is 0.160 e. The van der Waals surface area contributed by atoms with E-state index in [4.69, 9.17) is 18.9 Å². The number of methoxy groups -OCH3 is 2. The number of H-pyrrole nitrogens is 1. The summed E-state index contributed by atoms with van der Waals surface area (Å²) in [5, 5.41) is 10.2. The van der Waals surface area contributed by atoms with Crippen LogP contribution >= 0.6 is 0 Å². The third-order valence-corrected chi connectivity index (χ3v) is 4.65. The van der Waals surface area contributed by atoms with Gasteiger partial charge in [-0.3, -0.25) is 0 Å². The minimum Gasteiger partial charge on any atom is -0.493 e. The Kier molecular flexibility index (Phi) is 7.97. The molecule has 0 aliphatic rings. The minimum atomic E-state index is -0.528. The second-order valence-corrected chi connectivity index (χ2v) is 6.84. The van der Waals surface area contributed by atoms with Crippen LogP contribution in [-0.2, 0) is 13.0 Å². The Balaban J connectivity index is 1.36. The molecule has 0 aliphatic heterocycles. The van der Waals surface area contributed by atoms with Gasteiger partial charge in [-0.15, -0.1) is 0 Å². The van der Waals surface area contributed by atoms with Gasteiger partial charge in [-0.1, -0.05) is 6.07 Å². The highest BCUT2D eigenvalue weighted by Gasteiger charge is 2.08. The number of nitrogens with one attached hydrogen (secondary N) is 1. The number of imidazole rings is 1. The number of aromatic nitrogens is 2. The van der Waals surface area contributed by atoms with E-state index in [0.717, 1.165) is 35.7 Å². The first-order valence-electron chi connectivity index (χ1n) is 9.91. The Labute approximate surface area is 176 Å². The number of aliphatic hydroxyl groups is 1. The van der Waals surface area contributed by atoms with Crippen LogP contribution in [0.4, 0.5) is 0 Å². The Bertz CT molecular complexity index is 881. The van der Waals surface area contributed by atoms with Crippen LogP contribution in [-0.4, -0.2) is 42.0 Å². The van der Waals surface area contributed by atoms with Gasteiger partial charge in [0.15, 0.2) is 11.5 Å². The van der Waals surface area contributed by atoms with E-state index in [9.17, 15) is 5.11 Å². The van der Waals surface area contributed by atoms with Crippen molar-refractivity contribution in [2.24, 2.45) is 0 Å². The fourth-order valence-electron chi connectivity index (χ4n) is 3.01. The Morgan fingerprint density at radius 3 is 2.37 bits per heavy atom. The Morgan fingerprint density at radius 2 is 1.70 bits per heavy atom. The smallest absolute Gasteiger partial charge is 0.160 e. The highest BCUT2D eigenvalue weighted by Crippen LogP contribution is 2.28. The van der Waals surface area contributed by atoms with Crippen molar-refractivity contribution in [3.8, 4) is 23.0 Å². The van der Waals surface area contributed by atoms with Crippen LogP contribution < -0.4 is 18.9 Å². The van der Waals surface area contributed by atoms with Gasteiger partial charge >= 0.3 is 0 Å². The summed E-state index contributed by atoms with van der Waals surface area (Å²) in [5.74, 6) is 3.63. The lowest BCUT2D eigenvalue weighted by Gasteiger charge is -2.13. The molecule has 0 radical (unpaired) electrons. The molecule has 0 aliphatic carbocycles. The number of benzene rings is 2. The third kappa shape index (κ3) is 6.42. The van der Waals surface area contributed by atoms with Gasteiger partial charge in [0.25, 0.3) is 0 Å². The maximum absolute atomic E-state index is 10.2. The predicted molar refractivity (Wildman–Crippen MR) is 113 cm³/mol. The zero-order chi connectivity index (χ0) is 21.2.